The van der Waals surface area contributed by atoms with Crippen molar-refractivity contribution >= 4 is 11.7 Å². The third-order valence-corrected chi connectivity index (χ3v) is 4.96. The number of anilines is 1. The van der Waals surface area contributed by atoms with Crippen LogP contribution in [0.15, 0.2) is 18.3 Å². The number of hydrogen-bond acceptors (Lipinski definition) is 6. The summed E-state index contributed by atoms with van der Waals surface area (Å²) in [6.07, 6.45) is 2.30. The highest BCUT2D eigenvalue weighted by Gasteiger charge is 2.35. The number of nitrogens with zero attached hydrogens (tertiary/aromatic N) is 5. The van der Waals surface area contributed by atoms with Crippen LogP contribution in [0.3, 0.4) is 0 Å². The number of carbonyl (C=O) groups excluding carboxylic acids is 1. The van der Waals surface area contributed by atoms with E-state index < -0.39 is 12.2 Å². The van der Waals surface area contributed by atoms with Crippen molar-refractivity contribution in [3.63, 3.8) is 0 Å². The topological polar surface area (TPSA) is 96.0 Å². The lowest BCUT2D eigenvalue weighted by Gasteiger charge is -2.33. The SMILES string of the molecule is N#Cc1ccc(N2CCC(NCC(=O)N3C[C@@H](F)C[C@H]3C#N)CC2)nc1. The van der Waals surface area contributed by atoms with Crippen molar-refractivity contribution in [2.75, 3.05) is 31.1 Å². The zero-order valence-corrected chi connectivity index (χ0v) is 14.4. The van der Waals surface area contributed by atoms with Gasteiger partial charge in [0.05, 0.1) is 24.7 Å². The first-order valence-corrected chi connectivity index (χ1v) is 8.78. The van der Waals surface area contributed by atoms with E-state index in [1.807, 2.05) is 12.1 Å². The molecular weight excluding hydrogens is 335 g/mol. The molecule has 2 atom stereocenters. The predicted molar refractivity (Wildman–Crippen MR) is 92.8 cm³/mol. The zero-order valence-electron chi connectivity index (χ0n) is 14.4. The van der Waals surface area contributed by atoms with Gasteiger partial charge in [0.25, 0.3) is 0 Å². The van der Waals surface area contributed by atoms with Gasteiger partial charge in [-0.05, 0) is 25.0 Å². The highest BCUT2D eigenvalue weighted by molar-refractivity contribution is 5.79. The Labute approximate surface area is 152 Å². The van der Waals surface area contributed by atoms with E-state index in [1.165, 1.54) is 4.90 Å². The second-order valence-corrected chi connectivity index (χ2v) is 6.68. The second-order valence-electron chi connectivity index (χ2n) is 6.68. The number of pyridine rings is 1. The summed E-state index contributed by atoms with van der Waals surface area (Å²) < 4.78 is 13.4. The Hall–Kier alpha value is -2.71. The second kappa shape index (κ2) is 8.11. The summed E-state index contributed by atoms with van der Waals surface area (Å²) in [5, 5.41) is 21.1. The van der Waals surface area contributed by atoms with Crippen LogP contribution in [0, 0.1) is 22.7 Å². The van der Waals surface area contributed by atoms with Crippen LogP contribution in [0.2, 0.25) is 0 Å². The van der Waals surface area contributed by atoms with Crippen LogP contribution in [0.1, 0.15) is 24.8 Å². The van der Waals surface area contributed by atoms with Gasteiger partial charge in [0.2, 0.25) is 5.91 Å². The number of nitriles is 2. The average molecular weight is 356 g/mol. The fraction of sp³-hybridized carbons (Fsp3) is 0.556. The molecule has 1 N–H and O–H groups in total. The van der Waals surface area contributed by atoms with Crippen LogP contribution in [-0.4, -0.2) is 60.2 Å². The summed E-state index contributed by atoms with van der Waals surface area (Å²) in [5.41, 5.74) is 0.539. The van der Waals surface area contributed by atoms with Gasteiger partial charge in [-0.15, -0.1) is 0 Å². The number of alkyl halides is 1. The van der Waals surface area contributed by atoms with Crippen LogP contribution < -0.4 is 10.2 Å². The van der Waals surface area contributed by atoms with Gasteiger partial charge in [-0.3, -0.25) is 4.79 Å². The first-order valence-electron chi connectivity index (χ1n) is 8.78. The normalized spacial score (nSPS) is 23.5. The molecule has 2 fully saturated rings. The fourth-order valence-corrected chi connectivity index (χ4v) is 3.47. The molecule has 1 aromatic rings. The van der Waals surface area contributed by atoms with Crippen molar-refractivity contribution in [3.05, 3.63) is 23.9 Å². The molecule has 2 aliphatic heterocycles. The Kier molecular flexibility index (Phi) is 5.65. The number of rotatable bonds is 4. The van der Waals surface area contributed by atoms with Gasteiger partial charge in [0, 0.05) is 31.7 Å². The van der Waals surface area contributed by atoms with Gasteiger partial charge in [-0.2, -0.15) is 10.5 Å². The van der Waals surface area contributed by atoms with Crippen molar-refractivity contribution in [1.82, 2.24) is 15.2 Å². The van der Waals surface area contributed by atoms with E-state index in [0.29, 0.717) is 5.56 Å². The Morgan fingerprint density at radius 2 is 2.12 bits per heavy atom. The number of carbonyl (C=O) groups is 1. The molecule has 136 valence electrons. The van der Waals surface area contributed by atoms with Crippen LogP contribution in [0.5, 0.6) is 0 Å². The number of aromatic nitrogens is 1. The van der Waals surface area contributed by atoms with E-state index >= 15 is 0 Å². The van der Waals surface area contributed by atoms with E-state index in [4.69, 9.17) is 10.5 Å². The number of piperidine rings is 1. The molecule has 0 unspecified atom stereocenters. The molecule has 1 aromatic heterocycles. The van der Waals surface area contributed by atoms with Crippen LogP contribution in [-0.2, 0) is 4.79 Å². The van der Waals surface area contributed by atoms with E-state index in [2.05, 4.69) is 21.3 Å². The summed E-state index contributed by atoms with van der Waals surface area (Å²) in [5.74, 6) is 0.634. The van der Waals surface area contributed by atoms with Crippen molar-refractivity contribution in [2.24, 2.45) is 0 Å². The molecule has 3 rings (SSSR count). The smallest absolute Gasteiger partial charge is 0.237 e. The number of amides is 1. The maximum absolute atomic E-state index is 13.4. The summed E-state index contributed by atoms with van der Waals surface area (Å²) in [4.78, 5) is 20.0. The van der Waals surface area contributed by atoms with E-state index in [0.717, 1.165) is 31.7 Å². The lowest BCUT2D eigenvalue weighted by atomic mass is 10.0. The predicted octanol–water partition coefficient (Wildman–Crippen LogP) is 0.974. The standard InChI is InChI=1S/C18H21FN6O/c19-14-7-16(9-21)25(12-14)18(26)11-22-15-3-5-24(6-4-15)17-2-1-13(8-20)10-23-17/h1-2,10,14-16,22H,3-7,11-12H2/t14-,16-/m0/s1. The van der Waals surface area contributed by atoms with Crippen LogP contribution in [0.4, 0.5) is 10.2 Å². The van der Waals surface area contributed by atoms with Crippen LogP contribution in [0.25, 0.3) is 0 Å². The molecule has 8 heteroatoms. The lowest BCUT2D eigenvalue weighted by Crippen LogP contribution is -2.47. The van der Waals surface area contributed by atoms with E-state index in [-0.39, 0.29) is 31.5 Å². The van der Waals surface area contributed by atoms with E-state index in [9.17, 15) is 9.18 Å². The largest absolute Gasteiger partial charge is 0.357 e. The molecule has 2 aliphatic rings. The van der Waals surface area contributed by atoms with Crippen molar-refractivity contribution in [1.29, 1.82) is 10.5 Å². The van der Waals surface area contributed by atoms with Gasteiger partial charge in [-0.25, -0.2) is 9.37 Å². The van der Waals surface area contributed by atoms with Gasteiger partial charge < -0.3 is 15.1 Å². The quantitative estimate of drug-likeness (QED) is 0.864. The molecule has 0 spiro atoms. The highest BCUT2D eigenvalue weighted by atomic mass is 19.1. The Balaban J connectivity index is 1.45. The monoisotopic (exact) mass is 356 g/mol. The summed E-state index contributed by atoms with van der Waals surface area (Å²) in [6, 6.07) is 7.21. The molecule has 0 saturated carbocycles. The zero-order chi connectivity index (χ0) is 18.5. The third kappa shape index (κ3) is 4.09. The van der Waals surface area contributed by atoms with Gasteiger partial charge in [-0.1, -0.05) is 0 Å². The maximum atomic E-state index is 13.4. The Morgan fingerprint density at radius 3 is 2.73 bits per heavy atom. The first-order chi connectivity index (χ1) is 12.6. The maximum Gasteiger partial charge on any atom is 0.237 e. The van der Waals surface area contributed by atoms with Crippen molar-refractivity contribution in [2.45, 2.75) is 37.5 Å². The summed E-state index contributed by atoms with van der Waals surface area (Å²) in [6.45, 7) is 1.76. The minimum absolute atomic E-state index is 0.0154. The molecule has 7 nitrogen and oxygen atoms in total. The molecular formula is C18H21FN6O. The molecule has 3 heterocycles. The van der Waals surface area contributed by atoms with Gasteiger partial charge in [0.1, 0.15) is 24.1 Å². The fourth-order valence-electron chi connectivity index (χ4n) is 3.47. The molecule has 1 amide bonds. The first kappa shape index (κ1) is 18.1. The third-order valence-electron chi connectivity index (χ3n) is 4.96. The van der Waals surface area contributed by atoms with Crippen molar-refractivity contribution in [3.8, 4) is 12.1 Å². The molecule has 0 aromatic carbocycles. The molecule has 0 radical (unpaired) electrons. The molecule has 2 saturated heterocycles. The minimum Gasteiger partial charge on any atom is -0.357 e. The number of likely N-dealkylation sites (tertiary alicyclic amines) is 1. The van der Waals surface area contributed by atoms with Gasteiger partial charge in [0.15, 0.2) is 0 Å². The van der Waals surface area contributed by atoms with Crippen LogP contribution >= 0.6 is 0 Å². The summed E-state index contributed by atoms with van der Waals surface area (Å²) >= 11 is 0. The summed E-state index contributed by atoms with van der Waals surface area (Å²) in [7, 11) is 0. The average Bonchev–Trinajstić information content (AvgIpc) is 3.07. The lowest BCUT2D eigenvalue weighted by molar-refractivity contribution is -0.130. The molecule has 26 heavy (non-hydrogen) atoms. The minimum atomic E-state index is -1.10. The molecule has 0 aliphatic carbocycles. The Bertz CT molecular complexity index is 717. The number of halogens is 1. The Morgan fingerprint density at radius 1 is 1.35 bits per heavy atom. The van der Waals surface area contributed by atoms with Gasteiger partial charge >= 0.3 is 0 Å². The van der Waals surface area contributed by atoms with E-state index in [1.54, 1.807) is 12.3 Å². The van der Waals surface area contributed by atoms with Crippen molar-refractivity contribution < 1.29 is 9.18 Å². The number of nitrogens with one attached hydrogen (secondary N) is 1. The molecule has 0 bridgehead atoms. The highest BCUT2D eigenvalue weighted by Crippen LogP contribution is 2.20. The number of hydrogen-bond donors (Lipinski definition) is 1.